The molecule has 3 nitrogen and oxygen atoms in total. The molecule has 1 fully saturated rings. The number of hydrogen-bond donors (Lipinski definition) is 3. The van der Waals surface area contributed by atoms with Gasteiger partial charge in [0, 0.05) is 18.7 Å². The van der Waals surface area contributed by atoms with Crippen LogP contribution in [0.4, 0.5) is 0 Å². The molecule has 1 saturated heterocycles. The first-order chi connectivity index (χ1) is 6.33. The summed E-state index contributed by atoms with van der Waals surface area (Å²) in [4.78, 5) is 0. The van der Waals surface area contributed by atoms with Crippen LogP contribution in [0.5, 0.6) is 0 Å². The minimum Gasteiger partial charge on any atom is -0.396 e. The van der Waals surface area contributed by atoms with Crippen molar-refractivity contribution < 1.29 is 5.11 Å². The van der Waals surface area contributed by atoms with Crippen LogP contribution >= 0.6 is 0 Å². The van der Waals surface area contributed by atoms with Crippen LogP contribution in [-0.2, 0) is 0 Å². The molecule has 1 heterocycles. The summed E-state index contributed by atoms with van der Waals surface area (Å²) < 4.78 is 0. The maximum absolute atomic E-state index is 8.61. The third kappa shape index (κ3) is 4.60. The van der Waals surface area contributed by atoms with Crippen LogP contribution in [0.15, 0.2) is 0 Å². The van der Waals surface area contributed by atoms with Crippen molar-refractivity contribution in [1.82, 2.24) is 10.6 Å². The highest BCUT2D eigenvalue weighted by Gasteiger charge is 2.16. The predicted molar refractivity (Wildman–Crippen MR) is 54.8 cm³/mol. The van der Waals surface area contributed by atoms with Crippen molar-refractivity contribution in [2.24, 2.45) is 0 Å². The van der Waals surface area contributed by atoms with Crippen molar-refractivity contribution in [3.05, 3.63) is 0 Å². The fraction of sp³-hybridized carbons (Fsp3) is 1.00. The van der Waals surface area contributed by atoms with E-state index in [0.717, 1.165) is 19.0 Å². The Morgan fingerprint density at radius 3 is 3.08 bits per heavy atom. The molecule has 3 heteroatoms. The number of hydrogen-bond acceptors (Lipinski definition) is 3. The monoisotopic (exact) mass is 186 g/mol. The summed E-state index contributed by atoms with van der Waals surface area (Å²) in [6.07, 6.45) is 4.73. The topological polar surface area (TPSA) is 44.3 Å². The van der Waals surface area contributed by atoms with Gasteiger partial charge in [-0.1, -0.05) is 0 Å². The van der Waals surface area contributed by atoms with Gasteiger partial charge in [0.15, 0.2) is 0 Å². The summed E-state index contributed by atoms with van der Waals surface area (Å²) in [6.45, 7) is 4.64. The van der Waals surface area contributed by atoms with E-state index >= 15 is 0 Å². The van der Waals surface area contributed by atoms with Crippen molar-refractivity contribution in [2.45, 2.75) is 44.7 Å². The van der Waals surface area contributed by atoms with E-state index in [1.807, 2.05) is 0 Å². The average molecular weight is 186 g/mol. The summed E-state index contributed by atoms with van der Waals surface area (Å²) in [5, 5.41) is 15.5. The molecule has 0 radical (unpaired) electrons. The van der Waals surface area contributed by atoms with E-state index in [9.17, 15) is 0 Å². The van der Waals surface area contributed by atoms with Gasteiger partial charge in [-0.2, -0.15) is 0 Å². The summed E-state index contributed by atoms with van der Waals surface area (Å²) in [5.41, 5.74) is 0. The minimum absolute atomic E-state index is 0.293. The Labute approximate surface area is 80.9 Å². The number of aliphatic hydroxyl groups excluding tert-OH is 1. The molecule has 1 rings (SSSR count). The van der Waals surface area contributed by atoms with Crippen LogP contribution < -0.4 is 10.6 Å². The lowest BCUT2D eigenvalue weighted by Gasteiger charge is -2.17. The molecule has 0 aromatic rings. The lowest BCUT2D eigenvalue weighted by Crippen LogP contribution is -2.34. The van der Waals surface area contributed by atoms with Gasteiger partial charge in [0.05, 0.1) is 0 Å². The molecule has 0 aliphatic carbocycles. The Kier molecular flexibility index (Phi) is 5.35. The summed E-state index contributed by atoms with van der Waals surface area (Å²) in [5.74, 6) is 0. The average Bonchev–Trinajstić information content (AvgIpc) is 2.57. The first-order valence-corrected chi connectivity index (χ1v) is 5.40. The third-order valence-electron chi connectivity index (χ3n) is 2.63. The van der Waals surface area contributed by atoms with Gasteiger partial charge < -0.3 is 15.7 Å². The van der Waals surface area contributed by atoms with E-state index in [-0.39, 0.29) is 0 Å². The van der Waals surface area contributed by atoms with Crippen molar-refractivity contribution in [2.75, 3.05) is 19.7 Å². The Hall–Kier alpha value is -0.120. The molecule has 0 aromatic heterocycles. The first kappa shape index (κ1) is 11.0. The zero-order valence-corrected chi connectivity index (χ0v) is 8.55. The second kappa shape index (κ2) is 6.35. The highest BCUT2D eigenvalue weighted by molar-refractivity contribution is 4.78. The van der Waals surface area contributed by atoms with E-state index in [1.54, 1.807) is 0 Å². The summed E-state index contributed by atoms with van der Waals surface area (Å²) in [6, 6.07) is 1.29. The van der Waals surface area contributed by atoms with Gasteiger partial charge in [0.2, 0.25) is 0 Å². The van der Waals surface area contributed by atoms with Gasteiger partial charge in [-0.3, -0.25) is 0 Å². The summed E-state index contributed by atoms with van der Waals surface area (Å²) >= 11 is 0. The zero-order chi connectivity index (χ0) is 9.52. The van der Waals surface area contributed by atoms with Crippen molar-refractivity contribution in [3.63, 3.8) is 0 Å². The van der Waals surface area contributed by atoms with Crippen molar-refractivity contribution >= 4 is 0 Å². The molecule has 0 aromatic carbocycles. The fourth-order valence-electron chi connectivity index (χ4n) is 1.90. The SMILES string of the molecule is CC(CC1CCCN1)NCCCO. The maximum Gasteiger partial charge on any atom is 0.0443 e. The lowest BCUT2D eigenvalue weighted by molar-refractivity contribution is 0.282. The molecular formula is C10H22N2O. The lowest BCUT2D eigenvalue weighted by atomic mass is 10.1. The second-order valence-electron chi connectivity index (χ2n) is 3.96. The number of aliphatic hydroxyl groups is 1. The molecule has 0 saturated carbocycles. The van der Waals surface area contributed by atoms with E-state index in [0.29, 0.717) is 12.6 Å². The quantitative estimate of drug-likeness (QED) is 0.529. The fourth-order valence-corrected chi connectivity index (χ4v) is 1.90. The van der Waals surface area contributed by atoms with Crippen LogP contribution in [0.2, 0.25) is 0 Å². The van der Waals surface area contributed by atoms with Gasteiger partial charge in [-0.15, -0.1) is 0 Å². The molecule has 0 spiro atoms. The van der Waals surface area contributed by atoms with Crippen molar-refractivity contribution in [3.8, 4) is 0 Å². The van der Waals surface area contributed by atoms with E-state index in [2.05, 4.69) is 17.6 Å². The van der Waals surface area contributed by atoms with Gasteiger partial charge in [0.25, 0.3) is 0 Å². The Morgan fingerprint density at radius 1 is 1.62 bits per heavy atom. The third-order valence-corrected chi connectivity index (χ3v) is 2.63. The minimum atomic E-state index is 0.293. The first-order valence-electron chi connectivity index (χ1n) is 5.40. The maximum atomic E-state index is 8.61. The smallest absolute Gasteiger partial charge is 0.0443 e. The van der Waals surface area contributed by atoms with Crippen LogP contribution in [0, 0.1) is 0 Å². The predicted octanol–water partition coefficient (Wildman–Crippen LogP) is 0.489. The van der Waals surface area contributed by atoms with Crippen LogP contribution in [0.25, 0.3) is 0 Å². The van der Waals surface area contributed by atoms with Gasteiger partial charge in [0.1, 0.15) is 0 Å². The van der Waals surface area contributed by atoms with E-state index in [4.69, 9.17) is 5.11 Å². The molecular weight excluding hydrogens is 164 g/mol. The zero-order valence-electron chi connectivity index (χ0n) is 8.55. The molecule has 78 valence electrons. The van der Waals surface area contributed by atoms with Crippen molar-refractivity contribution in [1.29, 1.82) is 0 Å². The summed E-state index contributed by atoms with van der Waals surface area (Å²) in [7, 11) is 0. The molecule has 0 bridgehead atoms. The Bertz CT molecular complexity index is 124. The number of nitrogens with one attached hydrogen (secondary N) is 2. The van der Waals surface area contributed by atoms with E-state index < -0.39 is 0 Å². The van der Waals surface area contributed by atoms with E-state index in [1.165, 1.54) is 25.8 Å². The standard InChI is InChI=1S/C10H22N2O/c1-9(11-6-3-7-13)8-10-4-2-5-12-10/h9-13H,2-8H2,1H3. The molecule has 2 unspecified atom stereocenters. The molecule has 0 amide bonds. The van der Waals surface area contributed by atoms with Gasteiger partial charge in [-0.25, -0.2) is 0 Å². The van der Waals surface area contributed by atoms with Crippen LogP contribution in [-0.4, -0.2) is 36.9 Å². The largest absolute Gasteiger partial charge is 0.396 e. The highest BCUT2D eigenvalue weighted by Crippen LogP contribution is 2.10. The highest BCUT2D eigenvalue weighted by atomic mass is 16.3. The number of rotatable bonds is 6. The Balaban J connectivity index is 1.99. The molecule has 2 atom stereocenters. The van der Waals surface area contributed by atoms with Crippen LogP contribution in [0.3, 0.4) is 0 Å². The normalized spacial score (nSPS) is 24.9. The second-order valence-corrected chi connectivity index (χ2v) is 3.96. The Morgan fingerprint density at radius 2 is 2.46 bits per heavy atom. The molecule has 13 heavy (non-hydrogen) atoms. The molecule has 3 N–H and O–H groups in total. The van der Waals surface area contributed by atoms with Crippen LogP contribution in [0.1, 0.15) is 32.6 Å². The molecule has 1 aliphatic heterocycles. The van der Waals surface area contributed by atoms with Gasteiger partial charge >= 0.3 is 0 Å². The van der Waals surface area contributed by atoms with Gasteiger partial charge in [-0.05, 0) is 45.7 Å². The molecule has 1 aliphatic rings.